The van der Waals surface area contributed by atoms with Crippen molar-refractivity contribution in [3.05, 3.63) is 18.5 Å². The Morgan fingerprint density at radius 1 is 1.37 bits per heavy atom. The summed E-state index contributed by atoms with van der Waals surface area (Å²) in [5.74, 6) is 0. The summed E-state index contributed by atoms with van der Waals surface area (Å²) in [6.45, 7) is 0. The lowest BCUT2D eigenvalue weighted by Gasteiger charge is -2.28. The van der Waals surface area contributed by atoms with Crippen molar-refractivity contribution in [2.45, 2.75) is 38.1 Å². The van der Waals surface area contributed by atoms with Crippen LogP contribution >= 0.6 is 0 Å². The van der Waals surface area contributed by atoms with Gasteiger partial charge in [-0.1, -0.05) is 19.3 Å². The van der Waals surface area contributed by atoms with Crippen molar-refractivity contribution in [1.82, 2.24) is 9.97 Å². The molecule has 100 valence electrons. The Balaban J connectivity index is 1.82. The van der Waals surface area contributed by atoms with Crippen LogP contribution in [-0.2, 0) is 4.94 Å². The van der Waals surface area contributed by atoms with Crippen LogP contribution in [0.4, 0.5) is 11.4 Å². The van der Waals surface area contributed by atoms with E-state index in [1.807, 2.05) is 17.3 Å². The smallest absolute Gasteiger partial charge is 0.244 e. The highest BCUT2D eigenvalue weighted by Crippen LogP contribution is 2.37. The Hall–Kier alpha value is -1.63. The van der Waals surface area contributed by atoms with Gasteiger partial charge < -0.3 is 4.98 Å². The first-order valence-corrected chi connectivity index (χ1v) is 6.84. The first-order valence-electron chi connectivity index (χ1n) is 6.84. The number of H-pyrrole nitrogens is 1. The zero-order valence-corrected chi connectivity index (χ0v) is 10.6. The molecule has 4 rings (SSSR count). The van der Waals surface area contributed by atoms with Crippen LogP contribution in [-0.4, -0.2) is 21.2 Å². The summed E-state index contributed by atoms with van der Waals surface area (Å²) < 4.78 is 0. The highest BCUT2D eigenvalue weighted by molar-refractivity contribution is 5.94. The predicted octanol–water partition coefficient (Wildman–Crippen LogP) is 1.47. The molecule has 6 heteroatoms. The van der Waals surface area contributed by atoms with E-state index in [0.29, 0.717) is 11.7 Å². The summed E-state index contributed by atoms with van der Waals surface area (Å²) in [6.07, 6.45) is 9.51. The summed E-state index contributed by atoms with van der Waals surface area (Å²) in [7, 11) is 0. The summed E-state index contributed by atoms with van der Waals surface area (Å²) in [5, 5.41) is 12.8. The quantitative estimate of drug-likeness (QED) is 0.727. The van der Waals surface area contributed by atoms with Crippen molar-refractivity contribution in [1.29, 1.82) is 0 Å². The van der Waals surface area contributed by atoms with Gasteiger partial charge in [-0.3, -0.25) is 0 Å². The number of pyridine rings is 1. The lowest BCUT2D eigenvalue weighted by molar-refractivity contribution is -1.19. The molecule has 6 nitrogen and oxygen atoms in total. The molecule has 2 aliphatic rings. The zero-order chi connectivity index (χ0) is 12.8. The molecule has 3 N–H and O–H groups in total. The minimum atomic E-state index is -0.0313. The second kappa shape index (κ2) is 4.19. The van der Waals surface area contributed by atoms with E-state index in [1.54, 1.807) is 6.20 Å². The van der Waals surface area contributed by atoms with Gasteiger partial charge in [0, 0.05) is 11.4 Å². The number of fused-ring (bicyclic) bond motifs is 3. The molecule has 2 aromatic heterocycles. The molecule has 0 spiro atoms. The number of aromatic nitrogens is 2. The third-order valence-electron chi connectivity index (χ3n) is 4.10. The first-order chi connectivity index (χ1) is 9.34. The molecule has 0 aromatic carbocycles. The van der Waals surface area contributed by atoms with Crippen LogP contribution in [0.2, 0.25) is 0 Å². The monoisotopic (exact) mass is 261 g/mol. The van der Waals surface area contributed by atoms with Gasteiger partial charge in [-0.25, -0.2) is 4.98 Å². The average molecular weight is 261 g/mol. The van der Waals surface area contributed by atoms with Gasteiger partial charge in [0.15, 0.2) is 0 Å². The van der Waals surface area contributed by atoms with E-state index in [0.717, 1.165) is 29.6 Å². The van der Waals surface area contributed by atoms with Crippen LogP contribution in [0.15, 0.2) is 18.5 Å². The Morgan fingerprint density at radius 3 is 3.05 bits per heavy atom. The van der Waals surface area contributed by atoms with E-state index >= 15 is 0 Å². The van der Waals surface area contributed by atoms with Gasteiger partial charge in [-0.05, 0) is 23.8 Å². The fourth-order valence-corrected chi connectivity index (χ4v) is 3.15. The van der Waals surface area contributed by atoms with Gasteiger partial charge in [-0.15, -0.1) is 0 Å². The van der Waals surface area contributed by atoms with Gasteiger partial charge in [0.25, 0.3) is 0 Å². The summed E-state index contributed by atoms with van der Waals surface area (Å²) in [5.41, 5.74) is 2.48. The minimum absolute atomic E-state index is 0.0313. The maximum absolute atomic E-state index is 9.98. The van der Waals surface area contributed by atoms with E-state index in [9.17, 15) is 5.21 Å². The Kier molecular flexibility index (Phi) is 2.48. The molecular formula is C13H17N4O2+. The van der Waals surface area contributed by atoms with Crippen molar-refractivity contribution in [3.63, 3.8) is 0 Å². The molecule has 0 bridgehead atoms. The summed E-state index contributed by atoms with van der Waals surface area (Å²) >= 11 is 0. The molecule has 1 aliphatic heterocycles. The zero-order valence-electron chi connectivity index (χ0n) is 10.6. The van der Waals surface area contributed by atoms with E-state index in [1.165, 1.54) is 19.3 Å². The fourth-order valence-electron chi connectivity index (χ4n) is 3.15. The molecule has 3 heterocycles. The van der Waals surface area contributed by atoms with Gasteiger partial charge in [0.1, 0.15) is 11.3 Å². The molecule has 0 radical (unpaired) electrons. The molecule has 1 unspecified atom stereocenters. The number of hydrogen-bond donors (Lipinski definition) is 3. The summed E-state index contributed by atoms with van der Waals surface area (Å²) in [6, 6.07) is 2.33. The largest absolute Gasteiger partial charge is 0.346 e. The second-order valence-electron chi connectivity index (χ2n) is 5.27. The number of anilines is 1. The maximum Gasteiger partial charge on any atom is 0.244 e. The Morgan fingerprint density at radius 2 is 2.21 bits per heavy atom. The van der Waals surface area contributed by atoms with Crippen molar-refractivity contribution < 1.29 is 15.4 Å². The van der Waals surface area contributed by atoms with Gasteiger partial charge in [0.2, 0.25) is 5.69 Å². The molecule has 1 aliphatic carbocycles. The standard InChI is InChI=1S/C13H16N4O2/c18-17-11-8-15-13-10(6-7-14-13)12(11)16(19-17)9-4-2-1-3-5-9/h6-9,18H,1-5H2,(H,14,15)/p+1. The fraction of sp³-hybridized carbons (Fsp3) is 0.462. The molecule has 1 saturated carbocycles. The molecule has 0 amide bonds. The highest BCUT2D eigenvalue weighted by atomic mass is 17.0. The second-order valence-corrected chi connectivity index (χ2v) is 5.27. The van der Waals surface area contributed by atoms with Crippen LogP contribution in [0.1, 0.15) is 32.1 Å². The van der Waals surface area contributed by atoms with Crippen LogP contribution < -0.4 is 10.3 Å². The third kappa shape index (κ3) is 1.64. The van der Waals surface area contributed by atoms with Gasteiger partial charge in [-0.2, -0.15) is 10.3 Å². The molecule has 1 atom stereocenters. The maximum atomic E-state index is 9.98. The van der Waals surface area contributed by atoms with E-state index < -0.39 is 0 Å². The number of hydrogen-bond acceptors (Lipinski definition) is 4. The number of hydroxylamine groups is 1. The van der Waals surface area contributed by atoms with E-state index in [4.69, 9.17) is 4.94 Å². The number of aromatic amines is 1. The van der Waals surface area contributed by atoms with E-state index in [-0.39, 0.29) is 5.23 Å². The molecule has 19 heavy (non-hydrogen) atoms. The highest BCUT2D eigenvalue weighted by Gasteiger charge is 2.40. The van der Waals surface area contributed by atoms with Crippen LogP contribution in [0.5, 0.6) is 0 Å². The van der Waals surface area contributed by atoms with Crippen molar-refractivity contribution in [2.75, 3.05) is 5.06 Å². The molecule has 2 aromatic rings. The van der Waals surface area contributed by atoms with Gasteiger partial charge >= 0.3 is 0 Å². The van der Waals surface area contributed by atoms with Crippen LogP contribution in [0.3, 0.4) is 0 Å². The number of rotatable bonds is 1. The van der Waals surface area contributed by atoms with Gasteiger partial charge in [0.05, 0.1) is 17.6 Å². The van der Waals surface area contributed by atoms with Crippen molar-refractivity contribution >= 4 is 22.4 Å². The number of nitrogens with zero attached hydrogens (tertiary/aromatic N) is 2. The summed E-state index contributed by atoms with van der Waals surface area (Å²) in [4.78, 5) is 13.0. The normalized spacial score (nSPS) is 24.1. The lowest BCUT2D eigenvalue weighted by atomic mass is 9.95. The van der Waals surface area contributed by atoms with Crippen molar-refractivity contribution in [3.8, 4) is 0 Å². The number of nitrogens with one attached hydrogen (secondary N) is 2. The lowest BCUT2D eigenvalue weighted by Crippen LogP contribution is -3.03. The molecule has 0 saturated heterocycles. The Bertz CT molecular complexity index is 606. The SMILES string of the molecule is O[NH+]1ON(C2CCCCC2)c2c1cnc1[nH]ccc21. The molecule has 1 fully saturated rings. The minimum Gasteiger partial charge on any atom is -0.346 e. The van der Waals surface area contributed by atoms with Crippen LogP contribution in [0.25, 0.3) is 11.0 Å². The topological polar surface area (TPSA) is 65.8 Å². The number of quaternary nitrogens is 1. The predicted molar refractivity (Wildman–Crippen MR) is 68.9 cm³/mol. The average Bonchev–Trinajstić information content (AvgIpc) is 3.04. The third-order valence-corrected chi connectivity index (χ3v) is 4.10. The Labute approximate surface area is 110 Å². The van der Waals surface area contributed by atoms with E-state index in [2.05, 4.69) is 9.97 Å². The molecular weight excluding hydrogens is 244 g/mol. The van der Waals surface area contributed by atoms with Crippen molar-refractivity contribution in [2.24, 2.45) is 0 Å². The van der Waals surface area contributed by atoms with Crippen LogP contribution in [0, 0.1) is 0 Å². The first kappa shape index (κ1) is 11.2.